The van der Waals surface area contributed by atoms with E-state index in [0.29, 0.717) is 30.4 Å². The molecule has 124 valence electrons. The Balaban J connectivity index is 1.90. The van der Waals surface area contributed by atoms with Crippen LogP contribution in [-0.4, -0.2) is 22.8 Å². The molecule has 4 aliphatic carbocycles. The lowest BCUT2D eigenvalue weighted by molar-refractivity contribution is -0.323. The zero-order valence-electron chi connectivity index (χ0n) is 12.9. The molecule has 1 aromatic heterocycles. The standard InChI is InChI=1S/C16H20ClN3O3/c1-18-11-7-19-20(14(21)13(11)17)16-5-8-2-9(6-16)4-10(3-8)12(16)15(22)23/h7-10,12,18H,2-6H2,1H3,(H,22,23)/p-1/t8-,9+,10?,12-,16?/m1/s1. The van der Waals surface area contributed by atoms with Crippen LogP contribution in [0.1, 0.15) is 32.1 Å². The third-order valence-corrected chi connectivity index (χ3v) is 6.50. The van der Waals surface area contributed by atoms with Crippen LogP contribution < -0.4 is 16.0 Å². The number of carboxylic acid groups (broad SMARTS) is 1. The maximum Gasteiger partial charge on any atom is 0.288 e. The molecule has 0 saturated heterocycles. The van der Waals surface area contributed by atoms with Gasteiger partial charge in [0.05, 0.1) is 17.4 Å². The molecule has 0 aliphatic heterocycles. The molecule has 7 heteroatoms. The number of nitrogens with one attached hydrogen (secondary N) is 1. The van der Waals surface area contributed by atoms with Gasteiger partial charge in [0.25, 0.3) is 5.56 Å². The number of hydrogen-bond donors (Lipinski definition) is 1. The Labute approximate surface area is 138 Å². The topological polar surface area (TPSA) is 87.1 Å². The summed E-state index contributed by atoms with van der Waals surface area (Å²) in [6.45, 7) is 0. The molecule has 2 unspecified atom stereocenters. The molecule has 1 N–H and O–H groups in total. The summed E-state index contributed by atoms with van der Waals surface area (Å²) in [7, 11) is 1.67. The van der Waals surface area contributed by atoms with Crippen molar-refractivity contribution in [2.75, 3.05) is 12.4 Å². The Hall–Kier alpha value is -1.56. The van der Waals surface area contributed by atoms with Crippen LogP contribution in [0, 0.1) is 23.7 Å². The zero-order valence-corrected chi connectivity index (χ0v) is 13.7. The summed E-state index contributed by atoms with van der Waals surface area (Å²) in [5.41, 5.74) is -0.727. The van der Waals surface area contributed by atoms with Crippen molar-refractivity contribution in [1.29, 1.82) is 0 Å². The van der Waals surface area contributed by atoms with E-state index in [9.17, 15) is 14.7 Å². The molecule has 4 saturated carbocycles. The van der Waals surface area contributed by atoms with E-state index in [4.69, 9.17) is 11.6 Å². The molecule has 6 nitrogen and oxygen atoms in total. The number of hydrogen-bond acceptors (Lipinski definition) is 5. The van der Waals surface area contributed by atoms with E-state index in [1.807, 2.05) is 0 Å². The summed E-state index contributed by atoms with van der Waals surface area (Å²) in [5, 5.41) is 19.1. The zero-order chi connectivity index (χ0) is 16.4. The van der Waals surface area contributed by atoms with Gasteiger partial charge in [-0.3, -0.25) is 4.79 Å². The maximum atomic E-state index is 12.7. The molecule has 1 aromatic rings. The van der Waals surface area contributed by atoms with Crippen molar-refractivity contribution in [3.8, 4) is 0 Å². The fourth-order valence-electron chi connectivity index (χ4n) is 5.64. The summed E-state index contributed by atoms with van der Waals surface area (Å²) in [5.74, 6) is -0.685. The highest BCUT2D eigenvalue weighted by Crippen LogP contribution is 2.61. The van der Waals surface area contributed by atoms with Crippen molar-refractivity contribution < 1.29 is 9.90 Å². The predicted molar refractivity (Wildman–Crippen MR) is 83.1 cm³/mol. The van der Waals surface area contributed by atoms with Crippen molar-refractivity contribution in [1.82, 2.24) is 9.78 Å². The van der Waals surface area contributed by atoms with Crippen LogP contribution in [0.5, 0.6) is 0 Å². The molecule has 0 radical (unpaired) electrons. The van der Waals surface area contributed by atoms with Gasteiger partial charge < -0.3 is 15.2 Å². The molecule has 4 bridgehead atoms. The van der Waals surface area contributed by atoms with E-state index >= 15 is 0 Å². The average Bonchev–Trinajstić information content (AvgIpc) is 2.48. The van der Waals surface area contributed by atoms with Crippen molar-refractivity contribution in [3.63, 3.8) is 0 Å². The van der Waals surface area contributed by atoms with E-state index in [-0.39, 0.29) is 10.9 Å². The van der Waals surface area contributed by atoms with Gasteiger partial charge in [-0.2, -0.15) is 5.10 Å². The molecule has 4 fully saturated rings. The summed E-state index contributed by atoms with van der Waals surface area (Å²) in [4.78, 5) is 24.6. The first-order valence-electron chi connectivity index (χ1n) is 8.13. The Morgan fingerprint density at radius 1 is 1.39 bits per heavy atom. The first-order valence-corrected chi connectivity index (χ1v) is 8.51. The molecule has 0 spiro atoms. The number of anilines is 1. The molecule has 5 atom stereocenters. The second kappa shape index (κ2) is 4.97. The largest absolute Gasteiger partial charge is 0.550 e. The number of nitrogens with zero attached hydrogens (tertiary/aromatic N) is 2. The molecular weight excluding hydrogens is 318 g/mol. The second-order valence-corrected chi connectivity index (χ2v) is 7.72. The van der Waals surface area contributed by atoms with Gasteiger partial charge in [-0.05, 0) is 49.9 Å². The molecule has 5 rings (SSSR count). The first kappa shape index (κ1) is 15.0. The summed E-state index contributed by atoms with van der Waals surface area (Å²) < 4.78 is 1.36. The van der Waals surface area contributed by atoms with Crippen LogP contribution >= 0.6 is 11.6 Å². The molecule has 4 aliphatic rings. The second-order valence-electron chi connectivity index (χ2n) is 7.35. The summed E-state index contributed by atoms with van der Waals surface area (Å²) in [6, 6.07) is 0. The van der Waals surface area contributed by atoms with E-state index in [2.05, 4.69) is 10.4 Å². The molecular formula is C16H19ClN3O3-. The fraction of sp³-hybridized carbons (Fsp3) is 0.688. The minimum Gasteiger partial charge on any atom is -0.550 e. The van der Waals surface area contributed by atoms with Gasteiger partial charge in [0.15, 0.2) is 0 Å². The van der Waals surface area contributed by atoms with Crippen LogP contribution in [-0.2, 0) is 10.3 Å². The van der Waals surface area contributed by atoms with Gasteiger partial charge in [0, 0.05) is 18.9 Å². The number of carboxylic acids is 1. The quantitative estimate of drug-likeness (QED) is 0.883. The maximum absolute atomic E-state index is 12.7. The molecule has 0 amide bonds. The van der Waals surface area contributed by atoms with Crippen molar-refractivity contribution >= 4 is 23.3 Å². The van der Waals surface area contributed by atoms with Crippen LogP contribution in [0.3, 0.4) is 0 Å². The normalized spacial score (nSPS) is 37.8. The first-order chi connectivity index (χ1) is 11.0. The van der Waals surface area contributed by atoms with Gasteiger partial charge in [0.2, 0.25) is 0 Å². The molecule has 1 heterocycles. The van der Waals surface area contributed by atoms with E-state index < -0.39 is 23.0 Å². The lowest BCUT2D eigenvalue weighted by Crippen LogP contribution is -2.65. The number of rotatable bonds is 3. The van der Waals surface area contributed by atoms with Crippen LogP contribution in [0.2, 0.25) is 5.02 Å². The van der Waals surface area contributed by atoms with Crippen LogP contribution in [0.4, 0.5) is 5.69 Å². The number of aromatic nitrogens is 2. The van der Waals surface area contributed by atoms with Crippen molar-refractivity contribution in [2.45, 2.75) is 37.6 Å². The fourth-order valence-corrected chi connectivity index (χ4v) is 5.86. The van der Waals surface area contributed by atoms with Crippen LogP contribution in [0.25, 0.3) is 0 Å². The lowest BCUT2D eigenvalue weighted by Gasteiger charge is -2.61. The van der Waals surface area contributed by atoms with Gasteiger partial charge in [-0.25, -0.2) is 4.68 Å². The minimum atomic E-state index is -1.06. The van der Waals surface area contributed by atoms with Crippen LogP contribution in [0.15, 0.2) is 11.0 Å². The van der Waals surface area contributed by atoms with E-state index in [1.165, 1.54) is 10.9 Å². The van der Waals surface area contributed by atoms with Gasteiger partial charge in [0.1, 0.15) is 5.02 Å². The van der Waals surface area contributed by atoms with E-state index in [1.54, 1.807) is 7.05 Å². The highest BCUT2D eigenvalue weighted by molar-refractivity contribution is 6.32. The number of halogens is 1. The van der Waals surface area contributed by atoms with Crippen molar-refractivity contribution in [3.05, 3.63) is 21.6 Å². The lowest BCUT2D eigenvalue weighted by atomic mass is 9.48. The highest BCUT2D eigenvalue weighted by atomic mass is 35.5. The molecule has 0 aromatic carbocycles. The molecule has 23 heavy (non-hydrogen) atoms. The van der Waals surface area contributed by atoms with Gasteiger partial charge in [-0.15, -0.1) is 0 Å². The van der Waals surface area contributed by atoms with E-state index in [0.717, 1.165) is 19.3 Å². The number of carbonyl (C=O) groups is 1. The monoisotopic (exact) mass is 336 g/mol. The Morgan fingerprint density at radius 3 is 2.61 bits per heavy atom. The van der Waals surface area contributed by atoms with Gasteiger partial charge in [-0.1, -0.05) is 11.6 Å². The third kappa shape index (κ3) is 1.97. The summed E-state index contributed by atoms with van der Waals surface area (Å²) >= 11 is 6.17. The Morgan fingerprint density at radius 2 is 2.04 bits per heavy atom. The van der Waals surface area contributed by atoms with Crippen molar-refractivity contribution in [2.24, 2.45) is 23.7 Å². The smallest absolute Gasteiger partial charge is 0.288 e. The van der Waals surface area contributed by atoms with Gasteiger partial charge >= 0.3 is 0 Å². The third-order valence-electron chi connectivity index (χ3n) is 6.14. The average molecular weight is 337 g/mol. The number of carbonyl (C=O) groups excluding carboxylic acids is 1. The highest BCUT2D eigenvalue weighted by Gasteiger charge is 2.59. The number of aliphatic carboxylic acids is 1. The minimum absolute atomic E-state index is 0.0651. The Bertz CT molecular complexity index is 718. The predicted octanol–water partition coefficient (Wildman–Crippen LogP) is 0.840. The Kier molecular flexibility index (Phi) is 3.24. The summed E-state index contributed by atoms with van der Waals surface area (Å²) in [6.07, 6.45) is 5.85. The SMILES string of the molecule is CNc1cnn(C23C[C@@H]4CC(C[C@@H](C4)C2)[C@@H]3C(=O)[O-])c(=O)c1Cl.